The number of sulfonamides is 5. The SMILES string of the molecule is Cc1ccc(C(=O)N2CCc3cc(Br)ccc3C2)cc1C.Cc1ccc(S(=O)(=O)N2CCc3cc(Br)ccc3C2)cc1.Cc1ccc(S(=O)(=O)N2CCc3cc(Br)ccc3C2)cc1.Cc1cccc(S(=O)(=O)N2CCc3cc(-c4ccc(S(C)(=O)=O)cc4)ccc3C2)c1.Cc1cccc(S(=O)(=O)N2CCc3cc(-c4cccc(S(C)(=O)=O)c4)ccc3C2)c1.Cc1cccc(S(=O)(=O)N2CCc3cc(Br)ccc3C2)c1. The van der Waals surface area contributed by atoms with Crippen molar-refractivity contribution in [2.75, 3.05) is 51.8 Å². The molecule has 6 heterocycles. The molecule has 0 aliphatic carbocycles. The van der Waals surface area contributed by atoms with Gasteiger partial charge in [0.15, 0.2) is 19.7 Å². The zero-order chi connectivity index (χ0) is 103. The lowest BCUT2D eigenvalue weighted by Gasteiger charge is -2.29. The molecule has 6 aliphatic heterocycles. The Hall–Kier alpha value is -10.1. The molecule has 6 aliphatic rings. The quantitative estimate of drug-likeness (QED) is 0.0922. The zero-order valence-electron chi connectivity index (χ0n) is 81.2. The Labute approximate surface area is 882 Å². The molecule has 0 spiro atoms. The van der Waals surface area contributed by atoms with Crippen LogP contribution in [0.4, 0.5) is 0 Å². The number of benzene rings is 14. The van der Waals surface area contributed by atoms with E-state index in [0.717, 1.165) is 145 Å². The molecule has 14 aromatic carbocycles. The second kappa shape index (κ2) is 45.7. The first-order valence-corrected chi connectivity index (χ1v) is 61.0. The van der Waals surface area contributed by atoms with E-state index in [-0.39, 0.29) is 10.8 Å². The number of hydrogen-bond donors (Lipinski definition) is 0. The van der Waals surface area contributed by atoms with Crippen LogP contribution >= 0.6 is 63.7 Å². The van der Waals surface area contributed by atoms with E-state index in [9.17, 15) is 63.7 Å². The second-order valence-electron chi connectivity index (χ2n) is 37.0. The lowest BCUT2D eigenvalue weighted by atomic mass is 9.95. The number of fused-ring (bicyclic) bond motifs is 6. The highest BCUT2D eigenvalue weighted by Gasteiger charge is 2.35. The van der Waals surface area contributed by atoms with Crippen molar-refractivity contribution in [3.8, 4) is 22.3 Å². The highest BCUT2D eigenvalue weighted by molar-refractivity contribution is 9.11. The van der Waals surface area contributed by atoms with Gasteiger partial charge in [0.25, 0.3) is 5.91 Å². The van der Waals surface area contributed by atoms with E-state index in [1.807, 2.05) is 179 Å². The van der Waals surface area contributed by atoms with Crippen molar-refractivity contribution in [1.29, 1.82) is 0 Å². The molecule has 32 heteroatoms. The van der Waals surface area contributed by atoms with Gasteiger partial charge >= 0.3 is 0 Å². The zero-order valence-corrected chi connectivity index (χ0v) is 93.3. The van der Waals surface area contributed by atoms with Crippen molar-refractivity contribution >= 4 is 139 Å². The van der Waals surface area contributed by atoms with Crippen LogP contribution in [0.15, 0.2) is 349 Å². The van der Waals surface area contributed by atoms with Gasteiger partial charge in [-0.15, -0.1) is 0 Å². The van der Waals surface area contributed by atoms with Crippen LogP contribution < -0.4 is 0 Å². The maximum atomic E-state index is 13.0. The number of hydrogen-bond acceptors (Lipinski definition) is 15. The van der Waals surface area contributed by atoms with E-state index in [4.69, 9.17) is 0 Å². The van der Waals surface area contributed by atoms with Crippen molar-refractivity contribution in [2.24, 2.45) is 0 Å². The average molecular weight is 2330 g/mol. The number of rotatable bonds is 15. The molecule has 14 aromatic rings. The summed E-state index contributed by atoms with van der Waals surface area (Å²) < 4.78 is 187. The fourth-order valence-electron chi connectivity index (χ4n) is 18.0. The van der Waals surface area contributed by atoms with Crippen LogP contribution in [0.2, 0.25) is 0 Å². The summed E-state index contributed by atoms with van der Waals surface area (Å²) in [6, 6.07) is 91.1. The third kappa shape index (κ3) is 26.4. The molecule has 144 heavy (non-hydrogen) atoms. The first-order valence-electron chi connectivity index (χ1n) is 46.9. The standard InChI is InChI=1S/2C23H23NO4S2.C18H18BrNO.3C16H16BrNO2S/c1-17-5-3-8-23(13-17)30(27,28)24-12-11-20-14-19(9-10-21(20)16-24)18-6-4-7-22(15-18)29(2,25)26;1-17-4-3-5-23(14-17)30(27,28)24-13-12-20-15-19(6-7-21(20)16-24)18-8-10-22(11-9-18)29(2,25)26;1-12-3-4-15(9-13(12)2)18(21)20-8-7-14-10-17(19)6-5-16(14)11-20;2*1-12-2-6-16(7-3-12)21(19,20)18-9-8-13-10-15(17)5-4-14(13)11-18;1-12-3-2-4-16(9-12)21(19,20)18-8-7-13-10-15(17)6-5-14(13)11-18/h3-10,13-15H,11-12,16H2,1-2H3;3-11,14-15H,12-13,16H2,1-2H3;3-6,9-10H,7-8,11H2,1-2H3;2*2-7,10H,8-9,11H2,1H3;2-6,9-10H,7-8,11H2,1H3. The number of sulfone groups is 2. The van der Waals surface area contributed by atoms with E-state index in [2.05, 4.69) is 114 Å². The maximum absolute atomic E-state index is 13.0. The van der Waals surface area contributed by atoms with E-state index >= 15 is 0 Å². The predicted octanol–water partition coefficient (Wildman–Crippen LogP) is 22.4. The summed E-state index contributed by atoms with van der Waals surface area (Å²) in [5.74, 6) is 0.131. The molecule has 0 bridgehead atoms. The van der Waals surface area contributed by atoms with Gasteiger partial charge < -0.3 is 4.90 Å². The lowest BCUT2D eigenvalue weighted by Crippen LogP contribution is -2.36. The van der Waals surface area contributed by atoms with Crippen molar-refractivity contribution < 1.29 is 63.7 Å². The second-order valence-corrected chi connectivity index (χ2v) is 54.4. The molecular weight excluding hydrogens is 2210 g/mol. The monoisotopic (exact) mass is 2320 g/mol. The molecule has 1 amide bonds. The number of carbonyl (C=O) groups excluding carboxylic acids is 1. The van der Waals surface area contributed by atoms with Gasteiger partial charge in [-0.25, -0.2) is 58.9 Å². The summed E-state index contributed by atoms with van der Waals surface area (Å²) in [6.45, 7) is 19.6. The molecule has 20 rings (SSSR count). The van der Waals surface area contributed by atoms with Crippen LogP contribution in [0, 0.1) is 48.5 Å². The Kier molecular flexibility index (Phi) is 34.3. The van der Waals surface area contributed by atoms with Crippen LogP contribution in [0.1, 0.15) is 116 Å². The third-order valence-electron chi connectivity index (χ3n) is 26.4. The van der Waals surface area contributed by atoms with Gasteiger partial charge in [-0.05, 0) is 349 Å². The molecule has 21 nitrogen and oxygen atoms in total. The minimum absolute atomic E-state index is 0.131. The van der Waals surface area contributed by atoms with Crippen molar-refractivity contribution in [3.05, 3.63) is 426 Å². The first-order chi connectivity index (χ1) is 68.2. The molecule has 0 atom stereocenters. The van der Waals surface area contributed by atoms with Gasteiger partial charge in [0.1, 0.15) is 0 Å². The Balaban J connectivity index is 0.000000131. The summed E-state index contributed by atoms with van der Waals surface area (Å²) in [4.78, 5) is 16.9. The minimum atomic E-state index is -3.54. The van der Waals surface area contributed by atoms with Gasteiger partial charge in [0.2, 0.25) is 50.1 Å². The Bertz CT molecular complexity index is 7950. The van der Waals surface area contributed by atoms with Crippen molar-refractivity contribution in [2.45, 2.75) is 161 Å². The van der Waals surface area contributed by atoms with Crippen LogP contribution in [0.3, 0.4) is 0 Å². The maximum Gasteiger partial charge on any atom is 0.254 e. The van der Waals surface area contributed by atoms with E-state index in [1.165, 1.54) is 60.1 Å². The third-order valence-corrected chi connectivity index (χ3v) is 39.9. The summed E-state index contributed by atoms with van der Waals surface area (Å²) >= 11 is 13.9. The summed E-state index contributed by atoms with van der Waals surface area (Å²) in [5.41, 5.74) is 25.4. The van der Waals surface area contributed by atoms with E-state index in [1.54, 1.807) is 134 Å². The van der Waals surface area contributed by atoms with Crippen molar-refractivity contribution in [3.63, 3.8) is 0 Å². The summed E-state index contributed by atoms with van der Waals surface area (Å²) in [5, 5.41) is 0. The van der Waals surface area contributed by atoms with Gasteiger partial charge in [-0.2, -0.15) is 21.5 Å². The first kappa shape index (κ1) is 108. The van der Waals surface area contributed by atoms with Crippen LogP contribution in [-0.4, -0.2) is 143 Å². The van der Waals surface area contributed by atoms with E-state index in [0.29, 0.717) is 114 Å². The summed E-state index contributed by atoms with van der Waals surface area (Å²) in [6.07, 6.45) is 6.81. The molecule has 0 aromatic heterocycles. The van der Waals surface area contributed by atoms with Crippen LogP contribution in [-0.2, 0) is 148 Å². The fraction of sp³-hybridized carbons (Fsp3) is 0.241. The summed E-state index contributed by atoms with van der Waals surface area (Å²) in [7, 11) is -23.8. The number of amides is 1. The predicted molar refractivity (Wildman–Crippen MR) is 583 cm³/mol. The molecule has 0 fully saturated rings. The lowest BCUT2D eigenvalue weighted by molar-refractivity contribution is 0.0734. The molecule has 750 valence electrons. The molecule has 0 radical (unpaired) electrons. The molecular formula is C112H112Br4N6O15S7. The van der Waals surface area contributed by atoms with Gasteiger partial charge in [-0.3, -0.25) is 4.79 Å². The normalized spacial score (nSPS) is 15.2. The van der Waals surface area contributed by atoms with Gasteiger partial charge in [-0.1, -0.05) is 227 Å². The highest BCUT2D eigenvalue weighted by Crippen LogP contribution is 2.37. The number of carbonyl (C=O) groups is 1. The molecule has 0 saturated heterocycles. The number of aryl methyl sites for hydroxylation is 7. The molecule has 0 saturated carbocycles. The number of nitrogens with zero attached hydrogens (tertiary/aromatic N) is 6. The van der Waals surface area contributed by atoms with Crippen molar-refractivity contribution in [1.82, 2.24) is 26.4 Å². The molecule has 0 N–H and O–H groups in total. The average Bonchev–Trinajstić information content (AvgIpc) is 0.785. The minimum Gasteiger partial charge on any atom is -0.334 e. The molecule has 0 unspecified atom stereocenters. The Morgan fingerprint density at radius 1 is 0.222 bits per heavy atom. The smallest absolute Gasteiger partial charge is 0.254 e. The Morgan fingerprint density at radius 3 is 0.833 bits per heavy atom. The Morgan fingerprint density at radius 2 is 0.500 bits per heavy atom. The van der Waals surface area contributed by atoms with E-state index < -0.39 is 69.8 Å². The largest absolute Gasteiger partial charge is 0.334 e. The fourth-order valence-corrected chi connectivity index (χ4v) is 28.3. The highest BCUT2D eigenvalue weighted by atomic mass is 79.9. The van der Waals surface area contributed by atoms with Gasteiger partial charge in [0, 0.05) is 115 Å². The van der Waals surface area contributed by atoms with Crippen LogP contribution in [0.5, 0.6) is 0 Å². The number of halogens is 4. The topological polar surface area (TPSA) is 275 Å². The van der Waals surface area contributed by atoms with Crippen LogP contribution in [0.25, 0.3) is 22.3 Å². The van der Waals surface area contributed by atoms with Gasteiger partial charge in [0.05, 0.1) is 34.3 Å².